The molecular weight excluding hydrogens is 630 g/mol. The Balaban J connectivity index is 0.00000480. The summed E-state index contributed by atoms with van der Waals surface area (Å²) in [5.41, 5.74) is 7.60. The molecule has 0 unspecified atom stereocenters. The first kappa shape index (κ1) is 33.8. The quantitative estimate of drug-likeness (QED) is 0.185. The maximum atomic E-state index is 12.7. The number of rotatable bonds is 9. The van der Waals surface area contributed by atoms with Gasteiger partial charge in [-0.3, -0.25) is 10.1 Å². The fraction of sp³-hybridized carbons (Fsp3) is 0.235. The molecule has 0 fully saturated rings. The molecule has 46 heavy (non-hydrogen) atoms. The number of carbonyl (C=O) groups is 2. The smallest absolute Gasteiger partial charge is 0.657 e. The predicted molar refractivity (Wildman–Crippen MR) is 168 cm³/mol. The average molecular weight is 659 g/mol. The fourth-order valence-corrected chi connectivity index (χ4v) is 5.90. The van der Waals surface area contributed by atoms with Gasteiger partial charge in [-0.15, -0.1) is 16.6 Å². The van der Waals surface area contributed by atoms with E-state index in [0.717, 1.165) is 16.7 Å². The summed E-state index contributed by atoms with van der Waals surface area (Å²) in [6.45, 7) is 15.0. The summed E-state index contributed by atoms with van der Waals surface area (Å²) in [5, 5.41) is 35.6. The second-order valence-electron chi connectivity index (χ2n) is 10.9. The van der Waals surface area contributed by atoms with Crippen molar-refractivity contribution in [2.24, 2.45) is 0 Å². The van der Waals surface area contributed by atoms with Gasteiger partial charge >= 0.3 is 17.1 Å². The van der Waals surface area contributed by atoms with Crippen LogP contribution in [0.3, 0.4) is 0 Å². The Kier molecular flexibility index (Phi) is 9.65. The van der Waals surface area contributed by atoms with Gasteiger partial charge in [-0.2, -0.15) is 0 Å². The Labute approximate surface area is 275 Å². The molecule has 0 aliphatic carbocycles. The van der Waals surface area contributed by atoms with E-state index in [4.69, 9.17) is 15.0 Å². The van der Waals surface area contributed by atoms with Gasteiger partial charge in [0.05, 0.1) is 22.0 Å². The number of carboxylic acids is 2. The van der Waals surface area contributed by atoms with Crippen LogP contribution in [0.1, 0.15) is 78.1 Å². The van der Waals surface area contributed by atoms with Crippen molar-refractivity contribution < 1.29 is 41.8 Å². The number of aliphatic carboxylic acids is 2. The van der Waals surface area contributed by atoms with Gasteiger partial charge in [-0.1, -0.05) is 65.7 Å². The first-order valence-electron chi connectivity index (χ1n) is 14.2. The van der Waals surface area contributed by atoms with Crippen LogP contribution < -0.4 is 20.2 Å². The minimum Gasteiger partial charge on any atom is -0.657 e. The third-order valence-corrected chi connectivity index (χ3v) is 8.33. The Morgan fingerprint density at radius 1 is 0.826 bits per heavy atom. The number of aryl methyl sites for hydroxylation is 3. The molecule has 236 valence electrons. The van der Waals surface area contributed by atoms with Crippen LogP contribution in [0, 0.1) is 24.0 Å². The molecule has 0 amide bonds. The summed E-state index contributed by atoms with van der Waals surface area (Å²) >= 11 is 0. The molecule has 0 aromatic carbocycles. The number of fused-ring (bicyclic) bond motifs is 8. The molecule has 0 spiro atoms. The molecule has 12 heteroatoms. The number of carboxylic acid groups (broad SMARTS) is 2. The van der Waals surface area contributed by atoms with Gasteiger partial charge in [-0.25, -0.2) is 9.97 Å². The van der Waals surface area contributed by atoms with Crippen molar-refractivity contribution in [3.8, 4) is 0 Å². The molecule has 2 aliphatic heterocycles. The summed E-state index contributed by atoms with van der Waals surface area (Å²) < 4.78 is 0. The second-order valence-corrected chi connectivity index (χ2v) is 10.9. The van der Waals surface area contributed by atoms with E-state index in [1.165, 1.54) is 0 Å². The zero-order chi connectivity index (χ0) is 32.7. The number of hydrogen-bond donors (Lipinski definition) is 0. The number of nitro groups is 1. The van der Waals surface area contributed by atoms with E-state index < -0.39 is 16.9 Å². The van der Waals surface area contributed by atoms with E-state index in [1.54, 1.807) is 44.2 Å². The van der Waals surface area contributed by atoms with Crippen LogP contribution in [0.25, 0.3) is 50.4 Å². The Morgan fingerprint density at radius 3 is 2.07 bits per heavy atom. The third-order valence-electron chi connectivity index (χ3n) is 8.33. The Morgan fingerprint density at radius 2 is 1.46 bits per heavy atom. The first-order chi connectivity index (χ1) is 21.4. The van der Waals surface area contributed by atoms with Gasteiger partial charge in [0, 0.05) is 17.5 Å². The van der Waals surface area contributed by atoms with Gasteiger partial charge in [0.15, 0.2) is 0 Å². The largest absolute Gasteiger partial charge is 2.00 e. The molecule has 5 rings (SSSR count). The van der Waals surface area contributed by atoms with E-state index >= 15 is 0 Å². The molecule has 5 heterocycles. The zero-order valence-corrected chi connectivity index (χ0v) is 26.8. The summed E-state index contributed by atoms with van der Waals surface area (Å²) in [6.07, 6.45) is 2.78. The number of aromatic nitrogens is 4. The van der Waals surface area contributed by atoms with Gasteiger partial charge in [-0.05, 0) is 75.7 Å². The van der Waals surface area contributed by atoms with Gasteiger partial charge in [0.2, 0.25) is 0 Å². The zero-order valence-electron chi connectivity index (χ0n) is 25.7. The fourth-order valence-electron chi connectivity index (χ4n) is 5.90. The first-order valence-corrected chi connectivity index (χ1v) is 14.2. The van der Waals surface area contributed by atoms with E-state index in [-0.39, 0.29) is 65.2 Å². The number of hydrogen-bond acceptors (Lipinski definition) is 8. The van der Waals surface area contributed by atoms with Crippen molar-refractivity contribution in [2.45, 2.75) is 53.4 Å². The van der Waals surface area contributed by atoms with Crippen LogP contribution >= 0.6 is 0 Å². The number of nitrogens with zero attached hydrogens (tertiary/aromatic N) is 5. The van der Waals surface area contributed by atoms with Gasteiger partial charge < -0.3 is 29.8 Å². The summed E-state index contributed by atoms with van der Waals surface area (Å²) in [5.74, 6) is -2.51. The molecule has 3 aromatic rings. The van der Waals surface area contributed by atoms with Crippen molar-refractivity contribution in [2.75, 3.05) is 0 Å². The maximum Gasteiger partial charge on any atom is 2.00 e. The standard InChI is InChI=1S/C34H33N5O6.Fe/c1-7-20-16(3)24-14-27-21(8-2)18(5)32(37-27)34(39(44)45)33-19(6)23(10-12-31(42)43)29(38-33)15-28-22(9-11-30(40)41)17(4)25(36-28)13-26(20)35-24;/h7-8,13-15H,1-2,9-12H2,3-6H3,(H4,35,36,37,38,40,41,42,43);/q;+2/p-4. The maximum absolute atomic E-state index is 12.7. The van der Waals surface area contributed by atoms with Crippen LogP contribution in [0.15, 0.2) is 37.4 Å². The predicted octanol–water partition coefficient (Wildman–Crippen LogP) is 4.00. The van der Waals surface area contributed by atoms with E-state index in [2.05, 4.69) is 18.1 Å². The van der Waals surface area contributed by atoms with Crippen molar-refractivity contribution in [3.05, 3.63) is 92.6 Å². The molecule has 0 saturated heterocycles. The van der Waals surface area contributed by atoms with E-state index in [0.29, 0.717) is 56.0 Å². The van der Waals surface area contributed by atoms with E-state index in [1.807, 2.05) is 13.8 Å². The van der Waals surface area contributed by atoms with Crippen LogP contribution in [-0.4, -0.2) is 26.8 Å². The molecule has 0 N–H and O–H groups in total. The Hall–Kier alpha value is -5.06. The van der Waals surface area contributed by atoms with Crippen molar-refractivity contribution in [3.63, 3.8) is 0 Å². The molecule has 8 bridgehead atoms. The number of allylic oxidation sites excluding steroid dienone is 5. The Bertz CT molecular complexity index is 2080. The molecule has 3 aromatic heterocycles. The summed E-state index contributed by atoms with van der Waals surface area (Å²) in [4.78, 5) is 54.1. The van der Waals surface area contributed by atoms with Crippen LogP contribution in [-0.2, 0) is 33.1 Å². The van der Waals surface area contributed by atoms with Gasteiger partial charge in [0.1, 0.15) is 5.69 Å². The van der Waals surface area contributed by atoms with Crippen LogP contribution in [0.2, 0.25) is 0 Å². The van der Waals surface area contributed by atoms with Crippen molar-refractivity contribution >= 4 is 68.1 Å². The minimum absolute atomic E-state index is 0. The summed E-state index contributed by atoms with van der Waals surface area (Å²) in [7, 11) is 0. The van der Waals surface area contributed by atoms with E-state index in [9.17, 15) is 29.9 Å². The monoisotopic (exact) mass is 659 g/mol. The number of carbonyl (C=O) groups excluding carboxylic acids is 2. The summed E-state index contributed by atoms with van der Waals surface area (Å²) in [6, 6.07) is 5.16. The molecular formula is C34H29FeN5O6-2. The second kappa shape index (κ2) is 13.1. The molecule has 0 saturated carbocycles. The minimum atomic E-state index is -1.28. The van der Waals surface area contributed by atoms with Crippen molar-refractivity contribution in [1.82, 2.24) is 19.9 Å². The molecule has 0 radical (unpaired) electrons. The average Bonchev–Trinajstić information content (AvgIpc) is 3.64. The molecule has 11 nitrogen and oxygen atoms in total. The molecule has 2 aliphatic rings. The normalized spacial score (nSPS) is 12.6. The third kappa shape index (κ3) is 5.96. The topological polar surface area (TPSA) is 177 Å². The SMILES string of the molecule is C=CC1=C(C)c2nc1cc1[n-]c(cc3nc(cc4[n-]c(c(C)c4CCC(=O)[O-])c2[N+](=O)[O-])C(CCC(=O)[O-])=C3C)c(C=C)c1C.[Fe+2]. The van der Waals surface area contributed by atoms with Gasteiger partial charge in [0.25, 0.3) is 5.69 Å². The van der Waals surface area contributed by atoms with Crippen LogP contribution in [0.5, 0.6) is 0 Å². The molecule has 0 atom stereocenters. The van der Waals surface area contributed by atoms with Crippen LogP contribution in [0.4, 0.5) is 5.69 Å². The van der Waals surface area contributed by atoms with Crippen molar-refractivity contribution in [1.29, 1.82) is 0 Å².